The van der Waals surface area contributed by atoms with Gasteiger partial charge in [0.1, 0.15) is 0 Å². The van der Waals surface area contributed by atoms with Crippen molar-refractivity contribution in [3.8, 4) is 0 Å². The molecule has 2 amide bonds. The van der Waals surface area contributed by atoms with Crippen molar-refractivity contribution < 1.29 is 4.79 Å². The minimum atomic E-state index is -0.120. The number of urea groups is 1. The van der Waals surface area contributed by atoms with E-state index < -0.39 is 0 Å². The topological polar surface area (TPSA) is 66.9 Å². The summed E-state index contributed by atoms with van der Waals surface area (Å²) < 4.78 is 0. The van der Waals surface area contributed by atoms with Crippen LogP contribution in [-0.2, 0) is 6.54 Å². The molecule has 0 aliphatic heterocycles. The van der Waals surface area contributed by atoms with E-state index >= 15 is 0 Å². The quantitative estimate of drug-likeness (QED) is 0.769. The highest BCUT2D eigenvalue weighted by Gasteiger charge is 2.18. The molecule has 2 rings (SSSR count). The van der Waals surface area contributed by atoms with Crippen LogP contribution in [0.1, 0.15) is 25.0 Å². The van der Waals surface area contributed by atoms with Crippen LogP contribution >= 0.6 is 0 Å². The lowest BCUT2D eigenvalue weighted by Crippen LogP contribution is -2.44. The lowest BCUT2D eigenvalue weighted by Gasteiger charge is -2.26. The van der Waals surface area contributed by atoms with Crippen LogP contribution in [0, 0.1) is 0 Å². The normalized spacial score (nSPS) is 15.5. The lowest BCUT2D eigenvalue weighted by molar-refractivity contribution is 0.228. The van der Waals surface area contributed by atoms with E-state index in [2.05, 4.69) is 20.8 Å². The lowest BCUT2D eigenvalue weighted by atomic mass is 9.93. The second kappa shape index (κ2) is 4.72. The molecule has 1 fully saturated rings. The summed E-state index contributed by atoms with van der Waals surface area (Å²) in [6.45, 7) is 0.423. The summed E-state index contributed by atoms with van der Waals surface area (Å²) in [5, 5.41) is 13.2. The number of aromatic nitrogens is 2. The van der Waals surface area contributed by atoms with Crippen molar-refractivity contribution in [2.75, 3.05) is 0 Å². The van der Waals surface area contributed by atoms with Gasteiger partial charge in [-0.2, -0.15) is 10.2 Å². The van der Waals surface area contributed by atoms with Crippen molar-refractivity contribution in [3.05, 3.63) is 24.0 Å². The van der Waals surface area contributed by atoms with Crippen LogP contribution in [0.5, 0.6) is 0 Å². The summed E-state index contributed by atoms with van der Waals surface area (Å²) in [6, 6.07) is 3.88. The fraction of sp³-hybridized carbons (Fsp3) is 0.500. The standard InChI is InChI=1S/C10H14N4O/c15-10(13-8-3-1-4-8)11-7-9-5-2-6-12-14-9/h2,5-6,8H,1,3-4,7H2,(H2,11,13,15). The molecule has 1 aliphatic carbocycles. The van der Waals surface area contributed by atoms with Crippen molar-refractivity contribution >= 4 is 6.03 Å². The average Bonchev–Trinajstić information content (AvgIpc) is 2.22. The summed E-state index contributed by atoms with van der Waals surface area (Å²) in [5.74, 6) is 0. The maximum Gasteiger partial charge on any atom is 0.315 e. The average molecular weight is 206 g/mol. The van der Waals surface area contributed by atoms with Crippen LogP contribution in [0.2, 0.25) is 0 Å². The molecule has 5 nitrogen and oxygen atoms in total. The Labute approximate surface area is 88.3 Å². The first-order chi connectivity index (χ1) is 7.34. The van der Waals surface area contributed by atoms with Crippen molar-refractivity contribution in [1.82, 2.24) is 20.8 Å². The van der Waals surface area contributed by atoms with E-state index in [1.54, 1.807) is 12.3 Å². The summed E-state index contributed by atoms with van der Waals surface area (Å²) in [4.78, 5) is 11.3. The monoisotopic (exact) mass is 206 g/mol. The van der Waals surface area contributed by atoms with E-state index in [1.807, 2.05) is 6.07 Å². The fourth-order valence-corrected chi connectivity index (χ4v) is 1.39. The van der Waals surface area contributed by atoms with Crippen LogP contribution in [-0.4, -0.2) is 22.3 Å². The summed E-state index contributed by atoms with van der Waals surface area (Å²) in [5.41, 5.74) is 0.765. The minimum absolute atomic E-state index is 0.120. The molecule has 5 heteroatoms. The van der Waals surface area contributed by atoms with Gasteiger partial charge in [0.15, 0.2) is 0 Å². The first-order valence-corrected chi connectivity index (χ1v) is 5.15. The number of nitrogens with one attached hydrogen (secondary N) is 2. The third-order valence-electron chi connectivity index (χ3n) is 2.50. The molecule has 1 heterocycles. The van der Waals surface area contributed by atoms with Crippen molar-refractivity contribution in [2.24, 2.45) is 0 Å². The maximum atomic E-state index is 11.3. The van der Waals surface area contributed by atoms with Gasteiger partial charge in [0.25, 0.3) is 0 Å². The predicted octanol–water partition coefficient (Wildman–Crippen LogP) is 0.828. The summed E-state index contributed by atoms with van der Waals surface area (Å²) in [6.07, 6.45) is 5.02. The molecule has 0 radical (unpaired) electrons. The van der Waals surface area contributed by atoms with Gasteiger partial charge in [0.2, 0.25) is 0 Å². The van der Waals surface area contributed by atoms with E-state index in [0.29, 0.717) is 12.6 Å². The van der Waals surface area contributed by atoms with Gasteiger partial charge >= 0.3 is 6.03 Å². The van der Waals surface area contributed by atoms with Gasteiger partial charge in [-0.25, -0.2) is 4.79 Å². The van der Waals surface area contributed by atoms with E-state index in [-0.39, 0.29) is 6.03 Å². The molecule has 80 valence electrons. The van der Waals surface area contributed by atoms with Crippen molar-refractivity contribution in [1.29, 1.82) is 0 Å². The Hall–Kier alpha value is -1.65. The Morgan fingerprint density at radius 2 is 2.40 bits per heavy atom. The zero-order valence-electron chi connectivity index (χ0n) is 8.44. The maximum absolute atomic E-state index is 11.3. The van der Waals surface area contributed by atoms with Crippen molar-refractivity contribution in [3.63, 3.8) is 0 Å². The SMILES string of the molecule is O=C(NCc1cccnn1)NC1CCC1. The van der Waals surface area contributed by atoms with E-state index in [4.69, 9.17) is 0 Å². The van der Waals surface area contributed by atoms with E-state index in [0.717, 1.165) is 18.5 Å². The molecule has 0 aromatic carbocycles. The zero-order chi connectivity index (χ0) is 10.5. The number of carbonyl (C=O) groups excluding carboxylic acids is 1. The number of nitrogens with zero attached hydrogens (tertiary/aromatic N) is 2. The third-order valence-corrected chi connectivity index (χ3v) is 2.50. The molecule has 1 aromatic rings. The minimum Gasteiger partial charge on any atom is -0.335 e. The number of hydrogen-bond acceptors (Lipinski definition) is 3. The second-order valence-electron chi connectivity index (χ2n) is 3.67. The molecular weight excluding hydrogens is 192 g/mol. The Morgan fingerprint density at radius 3 is 3.00 bits per heavy atom. The van der Waals surface area contributed by atoms with Crippen LogP contribution in [0.25, 0.3) is 0 Å². The molecule has 1 saturated carbocycles. The zero-order valence-corrected chi connectivity index (χ0v) is 8.44. The molecular formula is C10H14N4O. The third kappa shape index (κ3) is 2.90. The highest BCUT2D eigenvalue weighted by atomic mass is 16.2. The summed E-state index contributed by atoms with van der Waals surface area (Å²) >= 11 is 0. The summed E-state index contributed by atoms with van der Waals surface area (Å²) in [7, 11) is 0. The van der Waals surface area contributed by atoms with Gasteiger partial charge in [0, 0.05) is 12.2 Å². The molecule has 0 atom stereocenters. The van der Waals surface area contributed by atoms with Crippen molar-refractivity contribution in [2.45, 2.75) is 31.8 Å². The Bertz CT molecular complexity index is 323. The van der Waals surface area contributed by atoms with Gasteiger partial charge < -0.3 is 10.6 Å². The van der Waals surface area contributed by atoms with Gasteiger partial charge in [-0.15, -0.1) is 0 Å². The van der Waals surface area contributed by atoms with Crippen LogP contribution in [0.3, 0.4) is 0 Å². The predicted molar refractivity (Wildman–Crippen MR) is 55.0 cm³/mol. The van der Waals surface area contributed by atoms with E-state index in [1.165, 1.54) is 6.42 Å². The van der Waals surface area contributed by atoms with Gasteiger partial charge in [-0.05, 0) is 31.4 Å². The Kier molecular flexibility index (Phi) is 3.11. The molecule has 1 aromatic heterocycles. The van der Waals surface area contributed by atoms with Crippen LogP contribution in [0.15, 0.2) is 18.3 Å². The molecule has 15 heavy (non-hydrogen) atoms. The molecule has 1 aliphatic rings. The first-order valence-electron chi connectivity index (χ1n) is 5.15. The highest BCUT2D eigenvalue weighted by Crippen LogP contribution is 2.17. The van der Waals surface area contributed by atoms with Crippen LogP contribution < -0.4 is 10.6 Å². The molecule has 0 spiro atoms. The number of carbonyl (C=O) groups is 1. The number of rotatable bonds is 3. The van der Waals surface area contributed by atoms with E-state index in [9.17, 15) is 4.79 Å². The first kappa shape index (κ1) is 9.89. The smallest absolute Gasteiger partial charge is 0.315 e. The van der Waals surface area contributed by atoms with Gasteiger partial charge in [-0.1, -0.05) is 0 Å². The van der Waals surface area contributed by atoms with Crippen LogP contribution in [0.4, 0.5) is 4.79 Å². The molecule has 0 bridgehead atoms. The number of amides is 2. The molecule has 0 unspecified atom stereocenters. The van der Waals surface area contributed by atoms with Gasteiger partial charge in [-0.3, -0.25) is 0 Å². The molecule has 0 saturated heterocycles. The largest absolute Gasteiger partial charge is 0.335 e. The number of hydrogen-bond donors (Lipinski definition) is 2. The fourth-order valence-electron chi connectivity index (χ4n) is 1.39. The molecule has 2 N–H and O–H groups in total. The highest BCUT2D eigenvalue weighted by molar-refractivity contribution is 5.74. The Morgan fingerprint density at radius 1 is 1.53 bits per heavy atom. The van der Waals surface area contributed by atoms with Gasteiger partial charge in [0.05, 0.1) is 12.2 Å². The second-order valence-corrected chi connectivity index (χ2v) is 3.67. The Balaban J connectivity index is 1.71.